The predicted molar refractivity (Wildman–Crippen MR) is 75.0 cm³/mol. The molecule has 1 heterocycles. The van der Waals surface area contributed by atoms with Gasteiger partial charge in [-0.2, -0.15) is 0 Å². The molecule has 0 amide bonds. The van der Waals surface area contributed by atoms with Crippen molar-refractivity contribution in [1.82, 2.24) is 10.3 Å². The second kappa shape index (κ2) is 6.17. The van der Waals surface area contributed by atoms with Gasteiger partial charge in [-0.15, -0.1) is 0 Å². The Morgan fingerprint density at radius 1 is 1.53 bits per heavy atom. The fraction of sp³-hybridized carbons (Fsp3) is 0.462. The first kappa shape index (κ1) is 14.9. The van der Waals surface area contributed by atoms with Crippen molar-refractivity contribution in [2.45, 2.75) is 33.7 Å². The van der Waals surface area contributed by atoms with E-state index < -0.39 is 4.92 Å². The Kier molecular flexibility index (Phi) is 4.86. The molecule has 0 radical (unpaired) electrons. The molecule has 0 saturated carbocycles. The van der Waals surface area contributed by atoms with Crippen LogP contribution in [0.15, 0.2) is 36.5 Å². The van der Waals surface area contributed by atoms with E-state index in [0.29, 0.717) is 11.5 Å². The summed E-state index contributed by atoms with van der Waals surface area (Å²) in [6, 6.07) is 3.63. The van der Waals surface area contributed by atoms with Crippen LogP contribution in [-0.2, 0) is 0 Å². The number of pyridine rings is 1. The third-order valence-corrected chi connectivity index (χ3v) is 2.85. The highest BCUT2D eigenvalue weighted by molar-refractivity contribution is 5.45. The van der Waals surface area contributed by atoms with Gasteiger partial charge in [-0.25, -0.2) is 0 Å². The van der Waals surface area contributed by atoms with Gasteiger partial charge in [0.1, 0.15) is 0 Å². The Balaban J connectivity index is 2.82. The zero-order valence-corrected chi connectivity index (χ0v) is 11.7. The molecule has 1 atom stereocenters. The minimum absolute atomic E-state index is 0.00763. The molecule has 1 rings (SSSR count). The molecule has 6 nitrogen and oxygen atoms in total. The average Bonchev–Trinajstić information content (AvgIpc) is 2.28. The third-order valence-electron chi connectivity index (χ3n) is 2.85. The van der Waals surface area contributed by atoms with Crippen molar-refractivity contribution in [3.63, 3.8) is 0 Å². The molecule has 0 bridgehead atoms. The van der Waals surface area contributed by atoms with Gasteiger partial charge >= 0.3 is 0 Å². The monoisotopic (exact) mass is 264 g/mol. The molecule has 2 N–H and O–H groups in total. The summed E-state index contributed by atoms with van der Waals surface area (Å²) in [5.41, 5.74) is 0.691. The molecule has 0 fully saturated rings. The number of anilines is 1. The Morgan fingerprint density at radius 3 is 2.68 bits per heavy atom. The van der Waals surface area contributed by atoms with E-state index in [4.69, 9.17) is 0 Å². The molecule has 0 aromatic carbocycles. The van der Waals surface area contributed by atoms with Crippen molar-refractivity contribution in [1.29, 1.82) is 0 Å². The van der Waals surface area contributed by atoms with Gasteiger partial charge in [0.25, 0.3) is 6.20 Å². The lowest BCUT2D eigenvalue weighted by Crippen LogP contribution is -2.39. The van der Waals surface area contributed by atoms with Crippen molar-refractivity contribution in [3.8, 4) is 0 Å². The smallest absolute Gasteiger partial charge is 0.274 e. The first-order chi connectivity index (χ1) is 8.79. The van der Waals surface area contributed by atoms with E-state index in [9.17, 15) is 10.1 Å². The lowest BCUT2D eigenvalue weighted by molar-refractivity contribution is -0.403. The summed E-state index contributed by atoms with van der Waals surface area (Å²) in [4.78, 5) is 14.1. The van der Waals surface area contributed by atoms with Crippen molar-refractivity contribution in [2.75, 3.05) is 5.32 Å². The topological polar surface area (TPSA) is 80.1 Å². The van der Waals surface area contributed by atoms with Gasteiger partial charge in [0, 0.05) is 12.2 Å². The van der Waals surface area contributed by atoms with Crippen LogP contribution in [0.4, 0.5) is 5.69 Å². The Hall–Kier alpha value is -2.11. The van der Waals surface area contributed by atoms with E-state index in [2.05, 4.69) is 36.4 Å². The summed E-state index contributed by atoms with van der Waals surface area (Å²) in [7, 11) is 0. The van der Waals surface area contributed by atoms with Gasteiger partial charge in [-0.3, -0.25) is 15.1 Å². The Morgan fingerprint density at radius 2 is 2.21 bits per heavy atom. The molecule has 104 valence electrons. The van der Waals surface area contributed by atoms with E-state index >= 15 is 0 Å². The van der Waals surface area contributed by atoms with Gasteiger partial charge < -0.3 is 10.6 Å². The van der Waals surface area contributed by atoms with E-state index in [1.807, 2.05) is 6.92 Å². The lowest BCUT2D eigenvalue weighted by Gasteiger charge is -2.29. The van der Waals surface area contributed by atoms with Crippen LogP contribution in [0, 0.1) is 15.5 Å². The molecule has 0 unspecified atom stereocenters. The van der Waals surface area contributed by atoms with Gasteiger partial charge in [0.2, 0.25) is 0 Å². The summed E-state index contributed by atoms with van der Waals surface area (Å²) < 4.78 is 0. The van der Waals surface area contributed by atoms with Crippen LogP contribution in [0.1, 0.15) is 27.7 Å². The minimum Gasteiger partial charge on any atom is -0.363 e. The van der Waals surface area contributed by atoms with Crippen molar-refractivity contribution in [2.24, 2.45) is 5.41 Å². The molecule has 1 aromatic rings. The van der Waals surface area contributed by atoms with Crippen LogP contribution in [0.5, 0.6) is 0 Å². The molecule has 6 heteroatoms. The number of hydrogen-bond acceptors (Lipinski definition) is 5. The van der Waals surface area contributed by atoms with E-state index in [1.165, 1.54) is 0 Å². The van der Waals surface area contributed by atoms with Crippen LogP contribution in [0.25, 0.3) is 0 Å². The number of aromatic nitrogens is 1. The lowest BCUT2D eigenvalue weighted by atomic mass is 9.88. The normalized spacial score (nSPS) is 13.8. The van der Waals surface area contributed by atoms with E-state index in [-0.39, 0.29) is 11.5 Å². The fourth-order valence-electron chi connectivity index (χ4n) is 1.25. The summed E-state index contributed by atoms with van der Waals surface area (Å²) in [5, 5.41) is 16.7. The number of nitrogens with one attached hydrogen (secondary N) is 2. The molecule has 0 aliphatic heterocycles. The van der Waals surface area contributed by atoms with Crippen LogP contribution >= 0.6 is 0 Å². The maximum absolute atomic E-state index is 10.7. The molecular formula is C13H20N4O2. The van der Waals surface area contributed by atoms with Crippen molar-refractivity contribution >= 4 is 5.69 Å². The van der Waals surface area contributed by atoms with Gasteiger partial charge in [0.15, 0.2) is 5.82 Å². The van der Waals surface area contributed by atoms with E-state index in [0.717, 1.165) is 6.20 Å². The third kappa shape index (κ3) is 5.37. The van der Waals surface area contributed by atoms with Gasteiger partial charge in [-0.1, -0.05) is 20.8 Å². The molecular weight excluding hydrogens is 244 g/mol. The van der Waals surface area contributed by atoms with Gasteiger partial charge in [-0.05, 0) is 24.5 Å². The van der Waals surface area contributed by atoms with Crippen LogP contribution < -0.4 is 10.6 Å². The standard InChI is InChI=1S/C13H20N4O2/c1-10(13(2,3)4)15-12(9-17(18)19)16-11-6-5-7-14-8-11/h5-10,15-16H,1-4H3/b12-9+/t10-/m1/s1. The minimum atomic E-state index is -0.485. The first-order valence-electron chi connectivity index (χ1n) is 6.08. The summed E-state index contributed by atoms with van der Waals surface area (Å²) in [6.07, 6.45) is 4.18. The molecule has 19 heavy (non-hydrogen) atoms. The number of nitrogens with zero attached hydrogens (tertiary/aromatic N) is 2. The zero-order chi connectivity index (χ0) is 14.5. The van der Waals surface area contributed by atoms with E-state index in [1.54, 1.807) is 24.5 Å². The first-order valence-corrected chi connectivity index (χ1v) is 6.08. The molecule has 0 aliphatic rings. The Labute approximate surface area is 113 Å². The number of rotatable bonds is 5. The second-order valence-electron chi connectivity index (χ2n) is 5.43. The zero-order valence-electron chi connectivity index (χ0n) is 11.7. The molecule has 0 spiro atoms. The highest BCUT2D eigenvalue weighted by Gasteiger charge is 2.21. The average molecular weight is 264 g/mol. The Bertz CT molecular complexity index is 451. The molecule has 0 aliphatic carbocycles. The predicted octanol–water partition coefficient (Wildman–Crippen LogP) is 2.59. The van der Waals surface area contributed by atoms with Crippen molar-refractivity contribution < 1.29 is 4.92 Å². The highest BCUT2D eigenvalue weighted by Crippen LogP contribution is 2.19. The molecule has 0 saturated heterocycles. The summed E-state index contributed by atoms with van der Waals surface area (Å²) in [6.45, 7) is 8.19. The highest BCUT2D eigenvalue weighted by atomic mass is 16.6. The number of nitro groups is 1. The maximum atomic E-state index is 10.7. The van der Waals surface area contributed by atoms with Crippen LogP contribution in [-0.4, -0.2) is 15.9 Å². The fourth-order valence-corrected chi connectivity index (χ4v) is 1.25. The summed E-state index contributed by atoms with van der Waals surface area (Å²) in [5.74, 6) is 0.348. The summed E-state index contributed by atoms with van der Waals surface area (Å²) >= 11 is 0. The van der Waals surface area contributed by atoms with Crippen LogP contribution in [0.2, 0.25) is 0 Å². The SMILES string of the molecule is C[C@@H](N/C(=C\[N+](=O)[O-])Nc1cccnc1)C(C)(C)C. The maximum Gasteiger partial charge on any atom is 0.274 e. The quantitative estimate of drug-likeness (QED) is 0.631. The second-order valence-corrected chi connectivity index (χ2v) is 5.43. The molecule has 1 aromatic heterocycles. The number of hydrogen-bond donors (Lipinski definition) is 2. The largest absolute Gasteiger partial charge is 0.363 e. The van der Waals surface area contributed by atoms with Gasteiger partial charge in [0.05, 0.1) is 16.8 Å². The van der Waals surface area contributed by atoms with Crippen LogP contribution in [0.3, 0.4) is 0 Å². The van der Waals surface area contributed by atoms with Crippen molar-refractivity contribution in [3.05, 3.63) is 46.7 Å².